The molecule has 0 aliphatic carbocycles. The van der Waals surface area contributed by atoms with Gasteiger partial charge in [0.2, 0.25) is 0 Å². The predicted molar refractivity (Wildman–Crippen MR) is 68.2 cm³/mol. The van der Waals surface area contributed by atoms with Crippen LogP contribution in [0.3, 0.4) is 0 Å². The lowest BCUT2D eigenvalue weighted by Crippen LogP contribution is -2.13. The summed E-state index contributed by atoms with van der Waals surface area (Å²) in [6, 6.07) is 3.20. The van der Waals surface area contributed by atoms with Crippen LogP contribution in [0.1, 0.15) is 36.9 Å². The van der Waals surface area contributed by atoms with Gasteiger partial charge in [0, 0.05) is 10.5 Å². The Labute approximate surface area is 113 Å². The molecule has 0 bridgehead atoms. The summed E-state index contributed by atoms with van der Waals surface area (Å²) in [4.78, 5) is 0. The van der Waals surface area contributed by atoms with Gasteiger partial charge in [-0.3, -0.25) is 0 Å². The van der Waals surface area contributed by atoms with E-state index in [1.807, 2.05) is 6.92 Å². The minimum atomic E-state index is -4.32. The van der Waals surface area contributed by atoms with Crippen LogP contribution >= 0.6 is 28.3 Å². The fourth-order valence-corrected chi connectivity index (χ4v) is 2.01. The SMILES string of the molecule is CCC[C@@H](N)c1cc(C(F)(F)F)ccc1Br.Cl. The fourth-order valence-electron chi connectivity index (χ4n) is 1.47. The average Bonchev–Trinajstić information content (AvgIpc) is 2.16. The molecule has 0 amide bonds. The number of alkyl halides is 3. The highest BCUT2D eigenvalue weighted by atomic mass is 79.9. The normalized spacial score (nSPS) is 13.1. The Kier molecular flexibility index (Phi) is 6.51. The second-order valence-electron chi connectivity index (χ2n) is 3.63. The van der Waals surface area contributed by atoms with Crippen molar-refractivity contribution < 1.29 is 13.2 Å². The summed E-state index contributed by atoms with van der Waals surface area (Å²) in [5.74, 6) is 0. The molecule has 17 heavy (non-hydrogen) atoms. The monoisotopic (exact) mass is 331 g/mol. The molecule has 1 rings (SSSR count). The van der Waals surface area contributed by atoms with Gasteiger partial charge >= 0.3 is 6.18 Å². The van der Waals surface area contributed by atoms with Gasteiger partial charge in [0.05, 0.1) is 5.56 Å². The molecular weight excluding hydrogens is 318 g/mol. The summed E-state index contributed by atoms with van der Waals surface area (Å²) in [5.41, 5.74) is 5.68. The Bertz CT molecular complexity index is 368. The third kappa shape index (κ3) is 4.48. The number of benzene rings is 1. The van der Waals surface area contributed by atoms with E-state index in [2.05, 4.69) is 15.9 Å². The van der Waals surface area contributed by atoms with Gasteiger partial charge in [0.25, 0.3) is 0 Å². The van der Waals surface area contributed by atoms with Crippen LogP contribution in [0.25, 0.3) is 0 Å². The first-order valence-corrected chi connectivity index (χ1v) is 5.77. The van der Waals surface area contributed by atoms with Crippen LogP contribution in [0.15, 0.2) is 22.7 Å². The Morgan fingerprint density at radius 1 is 1.35 bits per heavy atom. The van der Waals surface area contributed by atoms with Crippen molar-refractivity contribution >= 4 is 28.3 Å². The van der Waals surface area contributed by atoms with E-state index in [1.165, 1.54) is 6.07 Å². The minimum Gasteiger partial charge on any atom is -0.324 e. The van der Waals surface area contributed by atoms with Crippen molar-refractivity contribution in [2.75, 3.05) is 0 Å². The summed E-state index contributed by atoms with van der Waals surface area (Å²) in [7, 11) is 0. The highest BCUT2D eigenvalue weighted by Gasteiger charge is 2.31. The molecule has 0 radical (unpaired) electrons. The lowest BCUT2D eigenvalue weighted by atomic mass is 10.0. The van der Waals surface area contributed by atoms with Crippen LogP contribution in [-0.4, -0.2) is 0 Å². The van der Waals surface area contributed by atoms with E-state index in [-0.39, 0.29) is 18.4 Å². The molecule has 0 aromatic heterocycles. The molecule has 1 aromatic rings. The lowest BCUT2D eigenvalue weighted by molar-refractivity contribution is -0.137. The summed E-state index contributed by atoms with van der Waals surface area (Å²) < 4.78 is 38.1. The first-order chi connectivity index (χ1) is 7.36. The number of rotatable bonds is 3. The van der Waals surface area contributed by atoms with Crippen molar-refractivity contribution in [3.8, 4) is 0 Å². The van der Waals surface area contributed by atoms with Crippen LogP contribution in [-0.2, 0) is 6.18 Å². The minimum absolute atomic E-state index is 0. The van der Waals surface area contributed by atoms with Crippen molar-refractivity contribution in [2.45, 2.75) is 32.0 Å². The predicted octanol–water partition coefficient (Wildman–Crippen LogP) is 4.69. The molecule has 0 spiro atoms. The van der Waals surface area contributed by atoms with Crippen LogP contribution < -0.4 is 5.73 Å². The zero-order chi connectivity index (χ0) is 12.3. The van der Waals surface area contributed by atoms with Crippen LogP contribution in [0.2, 0.25) is 0 Å². The van der Waals surface area contributed by atoms with E-state index < -0.39 is 11.7 Å². The smallest absolute Gasteiger partial charge is 0.324 e. The summed E-state index contributed by atoms with van der Waals surface area (Å²) in [5, 5.41) is 0. The molecule has 0 fully saturated rings. The van der Waals surface area contributed by atoms with E-state index in [4.69, 9.17) is 5.73 Å². The van der Waals surface area contributed by atoms with Crippen LogP contribution in [0, 0.1) is 0 Å². The van der Waals surface area contributed by atoms with Gasteiger partial charge in [-0.05, 0) is 30.2 Å². The van der Waals surface area contributed by atoms with E-state index in [9.17, 15) is 13.2 Å². The van der Waals surface area contributed by atoms with E-state index in [1.54, 1.807) is 0 Å². The van der Waals surface area contributed by atoms with Gasteiger partial charge < -0.3 is 5.73 Å². The lowest BCUT2D eigenvalue weighted by Gasteiger charge is -2.15. The molecule has 1 atom stereocenters. The fraction of sp³-hybridized carbons (Fsp3) is 0.455. The van der Waals surface area contributed by atoms with Gasteiger partial charge in [-0.2, -0.15) is 13.2 Å². The maximum Gasteiger partial charge on any atom is 0.416 e. The van der Waals surface area contributed by atoms with Gasteiger partial charge in [-0.1, -0.05) is 29.3 Å². The average molecular weight is 333 g/mol. The van der Waals surface area contributed by atoms with E-state index in [0.717, 1.165) is 18.6 Å². The molecular formula is C11H14BrClF3N. The molecule has 6 heteroatoms. The third-order valence-electron chi connectivity index (χ3n) is 2.32. The van der Waals surface area contributed by atoms with E-state index in [0.29, 0.717) is 16.5 Å². The molecule has 0 saturated carbocycles. The van der Waals surface area contributed by atoms with Gasteiger partial charge in [-0.25, -0.2) is 0 Å². The van der Waals surface area contributed by atoms with Crippen molar-refractivity contribution in [2.24, 2.45) is 5.73 Å². The summed E-state index contributed by atoms with van der Waals surface area (Å²) in [6.07, 6.45) is -2.81. The second kappa shape index (κ2) is 6.61. The molecule has 1 aromatic carbocycles. The number of halogens is 5. The van der Waals surface area contributed by atoms with Gasteiger partial charge in [-0.15, -0.1) is 12.4 Å². The zero-order valence-electron chi connectivity index (χ0n) is 9.22. The molecule has 0 unspecified atom stereocenters. The molecule has 2 N–H and O–H groups in total. The first kappa shape index (κ1) is 16.7. The van der Waals surface area contributed by atoms with Crippen LogP contribution in [0.4, 0.5) is 13.2 Å². The largest absolute Gasteiger partial charge is 0.416 e. The number of hydrogen-bond acceptors (Lipinski definition) is 1. The summed E-state index contributed by atoms with van der Waals surface area (Å²) >= 11 is 3.22. The Hall–Kier alpha value is -0.260. The second-order valence-corrected chi connectivity index (χ2v) is 4.48. The van der Waals surface area contributed by atoms with E-state index >= 15 is 0 Å². The van der Waals surface area contributed by atoms with Gasteiger partial charge in [0.1, 0.15) is 0 Å². The molecule has 0 aliphatic heterocycles. The van der Waals surface area contributed by atoms with Crippen LogP contribution in [0.5, 0.6) is 0 Å². The highest BCUT2D eigenvalue weighted by Crippen LogP contribution is 2.34. The number of nitrogens with two attached hydrogens (primary N) is 1. The first-order valence-electron chi connectivity index (χ1n) is 4.98. The maximum atomic E-state index is 12.5. The molecule has 98 valence electrons. The zero-order valence-corrected chi connectivity index (χ0v) is 11.6. The summed E-state index contributed by atoms with van der Waals surface area (Å²) in [6.45, 7) is 1.95. The standard InChI is InChI=1S/C11H13BrF3N.ClH/c1-2-3-10(16)8-6-7(11(13,14)15)4-5-9(8)12;/h4-6,10H,2-3,16H2,1H3;1H/t10-;/m1./s1. The quantitative estimate of drug-likeness (QED) is 0.854. The Balaban J connectivity index is 0.00000256. The topological polar surface area (TPSA) is 26.0 Å². The Morgan fingerprint density at radius 2 is 1.94 bits per heavy atom. The molecule has 1 nitrogen and oxygen atoms in total. The van der Waals surface area contributed by atoms with Crippen molar-refractivity contribution in [1.82, 2.24) is 0 Å². The third-order valence-corrected chi connectivity index (χ3v) is 3.04. The molecule has 0 saturated heterocycles. The number of hydrogen-bond donors (Lipinski definition) is 1. The maximum absolute atomic E-state index is 12.5. The van der Waals surface area contributed by atoms with Gasteiger partial charge in [0.15, 0.2) is 0 Å². The highest BCUT2D eigenvalue weighted by molar-refractivity contribution is 9.10. The van der Waals surface area contributed by atoms with Crippen molar-refractivity contribution in [1.29, 1.82) is 0 Å². The van der Waals surface area contributed by atoms with Crippen molar-refractivity contribution in [3.05, 3.63) is 33.8 Å². The molecule has 0 aliphatic rings. The van der Waals surface area contributed by atoms with Crippen molar-refractivity contribution in [3.63, 3.8) is 0 Å². The molecule has 0 heterocycles. The Morgan fingerprint density at radius 3 is 2.41 bits per heavy atom.